The zero-order valence-corrected chi connectivity index (χ0v) is 16.0. The van der Waals surface area contributed by atoms with Crippen LogP contribution in [0.25, 0.3) is 0 Å². The van der Waals surface area contributed by atoms with Gasteiger partial charge in [0.25, 0.3) is 0 Å². The molecular formula is C21H28N2O3. The molecule has 2 heterocycles. The predicted molar refractivity (Wildman–Crippen MR) is 100 cm³/mol. The van der Waals surface area contributed by atoms with Crippen LogP contribution in [0.5, 0.6) is 5.75 Å². The molecule has 1 aromatic carbocycles. The highest BCUT2D eigenvalue weighted by molar-refractivity contribution is 5.76. The van der Waals surface area contributed by atoms with Gasteiger partial charge in [-0.05, 0) is 63.1 Å². The lowest BCUT2D eigenvalue weighted by Crippen LogP contribution is -2.39. The summed E-state index contributed by atoms with van der Waals surface area (Å²) in [6.07, 6.45) is 4.47. The van der Waals surface area contributed by atoms with E-state index in [-0.39, 0.29) is 5.91 Å². The van der Waals surface area contributed by atoms with E-state index in [4.69, 9.17) is 9.26 Å². The highest BCUT2D eigenvalue weighted by Crippen LogP contribution is 2.24. The number of aryl methyl sites for hydroxylation is 2. The summed E-state index contributed by atoms with van der Waals surface area (Å²) in [5.41, 5.74) is 3.32. The van der Waals surface area contributed by atoms with E-state index >= 15 is 0 Å². The number of likely N-dealkylation sites (tertiary alicyclic amines) is 1. The molecular weight excluding hydrogens is 328 g/mol. The molecule has 0 N–H and O–H groups in total. The molecule has 1 fully saturated rings. The Balaban J connectivity index is 1.44. The second-order valence-corrected chi connectivity index (χ2v) is 7.18. The molecule has 5 nitrogen and oxygen atoms in total. The van der Waals surface area contributed by atoms with Crippen molar-refractivity contribution in [3.63, 3.8) is 0 Å². The first-order chi connectivity index (χ1) is 12.6. The molecule has 1 saturated heterocycles. The van der Waals surface area contributed by atoms with E-state index in [1.807, 2.05) is 30.9 Å². The highest BCUT2D eigenvalue weighted by Gasteiger charge is 2.23. The van der Waals surface area contributed by atoms with Crippen LogP contribution in [-0.4, -0.2) is 36.2 Å². The maximum atomic E-state index is 12.5. The molecule has 0 unspecified atom stereocenters. The van der Waals surface area contributed by atoms with Gasteiger partial charge in [-0.2, -0.15) is 0 Å². The lowest BCUT2D eigenvalue weighted by atomic mass is 9.90. The van der Waals surface area contributed by atoms with Crippen LogP contribution in [0.2, 0.25) is 0 Å². The number of hydrogen-bond acceptors (Lipinski definition) is 4. The predicted octanol–water partition coefficient (Wildman–Crippen LogP) is 3.71. The maximum Gasteiger partial charge on any atom is 0.222 e. The van der Waals surface area contributed by atoms with E-state index in [0.29, 0.717) is 18.8 Å². The summed E-state index contributed by atoms with van der Waals surface area (Å²) in [5, 5.41) is 3.96. The Hall–Kier alpha value is -2.30. The third-order valence-corrected chi connectivity index (χ3v) is 5.42. The summed E-state index contributed by atoms with van der Waals surface area (Å²) in [6, 6.07) is 8.31. The summed E-state index contributed by atoms with van der Waals surface area (Å²) >= 11 is 0. The molecule has 0 spiro atoms. The van der Waals surface area contributed by atoms with Crippen molar-refractivity contribution in [1.82, 2.24) is 10.1 Å². The van der Waals surface area contributed by atoms with Crippen molar-refractivity contribution < 1.29 is 14.1 Å². The minimum absolute atomic E-state index is 0.243. The summed E-state index contributed by atoms with van der Waals surface area (Å²) in [6.45, 7) is 5.56. The molecule has 26 heavy (non-hydrogen) atoms. The van der Waals surface area contributed by atoms with Crippen LogP contribution in [-0.2, 0) is 17.6 Å². The Morgan fingerprint density at radius 1 is 1.23 bits per heavy atom. The number of aromatic nitrogens is 1. The Morgan fingerprint density at radius 2 is 1.92 bits per heavy atom. The van der Waals surface area contributed by atoms with Gasteiger partial charge in [-0.3, -0.25) is 4.79 Å². The standard InChI is InChI=1S/C21H28N2O3/c1-15-20(16(2)26-22-15)8-9-21(24)23-12-10-18(11-13-23)14-17-4-6-19(25-3)7-5-17/h4-7,18H,8-14H2,1-3H3. The second kappa shape index (κ2) is 8.39. The van der Waals surface area contributed by atoms with Crippen molar-refractivity contribution in [1.29, 1.82) is 0 Å². The molecule has 140 valence electrons. The van der Waals surface area contributed by atoms with Gasteiger partial charge in [0.2, 0.25) is 5.91 Å². The van der Waals surface area contributed by atoms with E-state index in [0.717, 1.165) is 55.1 Å². The van der Waals surface area contributed by atoms with Gasteiger partial charge >= 0.3 is 0 Å². The van der Waals surface area contributed by atoms with Gasteiger partial charge in [0.15, 0.2) is 0 Å². The Bertz CT molecular complexity index is 709. The molecule has 1 amide bonds. The van der Waals surface area contributed by atoms with Gasteiger partial charge in [0.05, 0.1) is 12.8 Å². The van der Waals surface area contributed by atoms with E-state index < -0.39 is 0 Å². The molecule has 1 aliphatic heterocycles. The van der Waals surface area contributed by atoms with Gasteiger partial charge in [-0.15, -0.1) is 0 Å². The summed E-state index contributed by atoms with van der Waals surface area (Å²) in [4.78, 5) is 14.5. The number of carbonyl (C=O) groups excluding carboxylic acids is 1. The zero-order chi connectivity index (χ0) is 18.5. The van der Waals surface area contributed by atoms with Gasteiger partial charge in [0.1, 0.15) is 11.5 Å². The third-order valence-electron chi connectivity index (χ3n) is 5.42. The highest BCUT2D eigenvalue weighted by atomic mass is 16.5. The van der Waals surface area contributed by atoms with Gasteiger partial charge < -0.3 is 14.2 Å². The minimum atomic E-state index is 0.243. The molecule has 0 bridgehead atoms. The average molecular weight is 356 g/mol. The van der Waals surface area contributed by atoms with Gasteiger partial charge in [-0.25, -0.2) is 0 Å². The lowest BCUT2D eigenvalue weighted by Gasteiger charge is -2.32. The minimum Gasteiger partial charge on any atom is -0.497 e. The Kier molecular flexibility index (Phi) is 5.96. The fraction of sp³-hybridized carbons (Fsp3) is 0.524. The van der Waals surface area contributed by atoms with Crippen molar-refractivity contribution in [3.05, 3.63) is 46.8 Å². The maximum absolute atomic E-state index is 12.5. The molecule has 0 aliphatic carbocycles. The lowest BCUT2D eigenvalue weighted by molar-refractivity contribution is -0.132. The Labute approximate surface area is 155 Å². The second-order valence-electron chi connectivity index (χ2n) is 7.18. The van der Waals surface area contributed by atoms with Crippen molar-refractivity contribution in [2.45, 2.75) is 46.0 Å². The quantitative estimate of drug-likeness (QED) is 0.792. The van der Waals surface area contributed by atoms with Crippen molar-refractivity contribution in [3.8, 4) is 5.75 Å². The number of ether oxygens (including phenoxy) is 1. The average Bonchev–Trinajstić information content (AvgIpc) is 2.99. The molecule has 3 rings (SSSR count). The number of piperidine rings is 1. The normalized spacial score (nSPS) is 15.3. The molecule has 1 aliphatic rings. The summed E-state index contributed by atoms with van der Waals surface area (Å²) in [7, 11) is 1.69. The van der Waals surface area contributed by atoms with Crippen molar-refractivity contribution in [2.75, 3.05) is 20.2 Å². The van der Waals surface area contributed by atoms with E-state index in [2.05, 4.69) is 17.3 Å². The summed E-state index contributed by atoms with van der Waals surface area (Å²) in [5.74, 6) is 2.61. The molecule has 2 aromatic rings. The van der Waals surface area contributed by atoms with Gasteiger partial charge in [0, 0.05) is 25.1 Å². The van der Waals surface area contributed by atoms with Crippen LogP contribution >= 0.6 is 0 Å². The molecule has 1 aromatic heterocycles. The van der Waals surface area contributed by atoms with Crippen molar-refractivity contribution in [2.24, 2.45) is 5.92 Å². The fourth-order valence-corrected chi connectivity index (χ4v) is 3.73. The monoisotopic (exact) mass is 356 g/mol. The first kappa shape index (κ1) is 18.5. The SMILES string of the molecule is COc1ccc(CC2CCN(C(=O)CCc3c(C)noc3C)CC2)cc1. The van der Waals surface area contributed by atoms with E-state index in [1.165, 1.54) is 5.56 Å². The van der Waals surface area contributed by atoms with Crippen LogP contribution in [0.15, 0.2) is 28.8 Å². The van der Waals surface area contributed by atoms with Crippen LogP contribution in [0.3, 0.4) is 0 Å². The van der Waals surface area contributed by atoms with Gasteiger partial charge in [-0.1, -0.05) is 17.3 Å². The zero-order valence-electron chi connectivity index (χ0n) is 16.0. The van der Waals surface area contributed by atoms with Crippen LogP contribution in [0.4, 0.5) is 0 Å². The first-order valence-electron chi connectivity index (χ1n) is 9.39. The molecule has 0 atom stereocenters. The number of methoxy groups -OCH3 is 1. The van der Waals surface area contributed by atoms with Crippen LogP contribution in [0.1, 0.15) is 41.8 Å². The number of hydrogen-bond donors (Lipinski definition) is 0. The number of amides is 1. The van der Waals surface area contributed by atoms with Crippen molar-refractivity contribution >= 4 is 5.91 Å². The smallest absolute Gasteiger partial charge is 0.222 e. The number of nitrogens with zero attached hydrogens (tertiary/aromatic N) is 2. The summed E-state index contributed by atoms with van der Waals surface area (Å²) < 4.78 is 10.4. The Morgan fingerprint density at radius 3 is 2.50 bits per heavy atom. The number of benzene rings is 1. The molecule has 0 radical (unpaired) electrons. The molecule has 5 heteroatoms. The van der Waals surface area contributed by atoms with Crippen LogP contribution < -0.4 is 4.74 Å². The first-order valence-corrected chi connectivity index (χ1v) is 9.39. The van der Waals surface area contributed by atoms with E-state index in [1.54, 1.807) is 7.11 Å². The number of rotatable bonds is 6. The fourth-order valence-electron chi connectivity index (χ4n) is 3.73. The molecule has 0 saturated carbocycles. The number of carbonyl (C=O) groups is 1. The topological polar surface area (TPSA) is 55.6 Å². The van der Waals surface area contributed by atoms with E-state index in [9.17, 15) is 4.79 Å². The van der Waals surface area contributed by atoms with Crippen LogP contribution in [0, 0.1) is 19.8 Å². The largest absolute Gasteiger partial charge is 0.497 e. The third kappa shape index (κ3) is 4.45.